The summed E-state index contributed by atoms with van der Waals surface area (Å²) < 4.78 is 17.5. The Balaban J connectivity index is 1.70. The largest absolute Gasteiger partial charge is 0.463 e. The first-order chi connectivity index (χ1) is 18.2. The number of rotatable bonds is 7. The fraction of sp³-hybridized carbons (Fsp3) is 0.871. The molecule has 0 unspecified atom stereocenters. The molecule has 39 heavy (non-hydrogen) atoms. The van der Waals surface area contributed by atoms with Crippen molar-refractivity contribution in [2.45, 2.75) is 124 Å². The Morgan fingerprint density at radius 2 is 1.62 bits per heavy atom. The first-order valence-electron chi connectivity index (χ1n) is 14.9. The molecule has 0 heterocycles. The van der Waals surface area contributed by atoms with Crippen molar-refractivity contribution < 1.29 is 38.5 Å². The zero-order valence-electron chi connectivity index (χ0n) is 24.7. The van der Waals surface area contributed by atoms with Gasteiger partial charge < -0.3 is 19.3 Å². The van der Waals surface area contributed by atoms with E-state index in [0.717, 1.165) is 12.8 Å². The van der Waals surface area contributed by atoms with E-state index in [4.69, 9.17) is 14.2 Å². The van der Waals surface area contributed by atoms with E-state index < -0.39 is 11.5 Å². The molecule has 4 rings (SSSR count). The maximum absolute atomic E-state index is 12.5. The molecule has 8 heteroatoms. The van der Waals surface area contributed by atoms with Gasteiger partial charge in [-0.15, -0.1) is 0 Å². The van der Waals surface area contributed by atoms with E-state index in [2.05, 4.69) is 20.8 Å². The van der Waals surface area contributed by atoms with Crippen LogP contribution in [0.15, 0.2) is 0 Å². The van der Waals surface area contributed by atoms with Crippen LogP contribution in [-0.2, 0) is 33.4 Å². The van der Waals surface area contributed by atoms with Crippen LogP contribution in [0.25, 0.3) is 0 Å². The molecule has 0 amide bonds. The third-order valence-electron chi connectivity index (χ3n) is 11.2. The summed E-state index contributed by atoms with van der Waals surface area (Å²) in [7, 11) is 0. The highest BCUT2D eigenvalue weighted by atomic mass is 16.6. The van der Waals surface area contributed by atoms with Gasteiger partial charge in [0.1, 0.15) is 18.0 Å². The summed E-state index contributed by atoms with van der Waals surface area (Å²) in [6.07, 6.45) is 2.86. The molecule has 4 aliphatic rings. The molecule has 11 atom stereocenters. The van der Waals surface area contributed by atoms with Gasteiger partial charge in [-0.25, -0.2) is 0 Å². The highest BCUT2D eigenvalue weighted by Crippen LogP contribution is 2.69. The van der Waals surface area contributed by atoms with Crippen LogP contribution in [0.3, 0.4) is 0 Å². The van der Waals surface area contributed by atoms with Crippen LogP contribution < -0.4 is 0 Å². The SMILES string of the molecule is CC(=O)O[C@H]1C[C@H]2[C@@H]([C@H](OC(C)=O)C[C@@H]3CC(=O)C[C@@H](O)[C@@]32C)[C@@H]2CC[C@H]([C@H](C)CCC(=O)OC(C)C)[C@@]12C. The standard InChI is InChI=1S/C31H48O8/c1-16(2)37-28(36)11-8-17(3)22-9-10-23-29-24(15-27(31(22,23)7)39-19(5)33)30(6)20(12-21(34)14-26(30)35)13-25(29)38-18(4)32/h16-17,20,22-27,29,35H,8-15H2,1-7H3/t17-,20+,22-,23+,24+,25-,26-,27+,29+,30+,31-/m1/s1. The summed E-state index contributed by atoms with van der Waals surface area (Å²) in [5.74, 6) is -0.434. The van der Waals surface area contributed by atoms with E-state index in [1.54, 1.807) is 0 Å². The minimum Gasteiger partial charge on any atom is -0.463 e. The third kappa shape index (κ3) is 5.39. The number of Topliss-reactive ketones (excluding diaryl/α,β-unsaturated/α-hetero) is 1. The Hall–Kier alpha value is -1.96. The van der Waals surface area contributed by atoms with Gasteiger partial charge in [-0.3, -0.25) is 19.2 Å². The lowest BCUT2D eigenvalue weighted by atomic mass is 9.42. The van der Waals surface area contributed by atoms with E-state index in [-0.39, 0.29) is 89.3 Å². The zero-order chi connectivity index (χ0) is 28.9. The number of fused-ring (bicyclic) bond motifs is 5. The van der Waals surface area contributed by atoms with Crippen LogP contribution in [-0.4, -0.2) is 53.2 Å². The highest BCUT2D eigenvalue weighted by Gasteiger charge is 2.69. The van der Waals surface area contributed by atoms with Crippen molar-refractivity contribution in [1.29, 1.82) is 0 Å². The topological polar surface area (TPSA) is 116 Å². The van der Waals surface area contributed by atoms with E-state index in [0.29, 0.717) is 32.1 Å². The molecule has 0 aromatic carbocycles. The summed E-state index contributed by atoms with van der Waals surface area (Å²) in [4.78, 5) is 49.5. The molecule has 0 aromatic heterocycles. The van der Waals surface area contributed by atoms with Crippen LogP contribution in [0, 0.1) is 46.3 Å². The molecule has 0 radical (unpaired) electrons. The Bertz CT molecular complexity index is 976. The lowest BCUT2D eigenvalue weighted by Crippen LogP contribution is -2.66. The third-order valence-corrected chi connectivity index (χ3v) is 11.2. The number of carbonyl (C=O) groups is 4. The minimum absolute atomic E-state index is 0.00193. The van der Waals surface area contributed by atoms with Gasteiger partial charge in [0.2, 0.25) is 0 Å². The van der Waals surface area contributed by atoms with Gasteiger partial charge in [-0.05, 0) is 75.5 Å². The molecule has 220 valence electrons. The Kier molecular flexibility index (Phi) is 8.57. The summed E-state index contributed by atoms with van der Waals surface area (Å²) in [6, 6.07) is 0. The molecule has 0 aromatic rings. The number of esters is 3. The monoisotopic (exact) mass is 548 g/mol. The summed E-state index contributed by atoms with van der Waals surface area (Å²) in [5, 5.41) is 11.4. The van der Waals surface area contributed by atoms with Crippen molar-refractivity contribution in [2.24, 2.45) is 46.3 Å². The quantitative estimate of drug-likeness (QED) is 0.361. The summed E-state index contributed by atoms with van der Waals surface area (Å²) in [6.45, 7) is 13.1. The van der Waals surface area contributed by atoms with Gasteiger partial charge >= 0.3 is 17.9 Å². The first-order valence-corrected chi connectivity index (χ1v) is 14.9. The molecule has 0 spiro atoms. The van der Waals surface area contributed by atoms with Crippen molar-refractivity contribution >= 4 is 23.7 Å². The normalized spacial score (nSPS) is 42.1. The molecule has 0 aliphatic heterocycles. The van der Waals surface area contributed by atoms with Crippen molar-refractivity contribution in [3.8, 4) is 0 Å². The second-order valence-electron chi connectivity index (χ2n) is 13.6. The number of aliphatic hydroxyl groups is 1. The number of aliphatic hydroxyl groups excluding tert-OH is 1. The fourth-order valence-corrected chi connectivity index (χ4v) is 9.54. The van der Waals surface area contributed by atoms with Crippen LogP contribution in [0.4, 0.5) is 0 Å². The van der Waals surface area contributed by atoms with Gasteiger partial charge in [-0.1, -0.05) is 20.8 Å². The summed E-state index contributed by atoms with van der Waals surface area (Å²) >= 11 is 0. The average molecular weight is 549 g/mol. The van der Waals surface area contributed by atoms with Gasteiger partial charge in [-0.2, -0.15) is 0 Å². The molecule has 4 aliphatic carbocycles. The maximum atomic E-state index is 12.5. The molecular formula is C31H48O8. The van der Waals surface area contributed by atoms with E-state index in [1.807, 2.05) is 13.8 Å². The molecule has 0 saturated heterocycles. The van der Waals surface area contributed by atoms with Crippen LogP contribution in [0.2, 0.25) is 0 Å². The van der Waals surface area contributed by atoms with Crippen LogP contribution >= 0.6 is 0 Å². The van der Waals surface area contributed by atoms with E-state index >= 15 is 0 Å². The second kappa shape index (κ2) is 11.1. The average Bonchev–Trinajstić information content (AvgIpc) is 3.17. The molecule has 0 bridgehead atoms. The predicted octanol–water partition coefficient (Wildman–Crippen LogP) is 4.64. The summed E-state index contributed by atoms with van der Waals surface area (Å²) in [5.41, 5.74) is -0.898. The maximum Gasteiger partial charge on any atom is 0.306 e. The van der Waals surface area contributed by atoms with Gasteiger partial charge in [0.05, 0.1) is 12.2 Å². The number of ketones is 1. The van der Waals surface area contributed by atoms with Crippen molar-refractivity contribution in [2.75, 3.05) is 0 Å². The second-order valence-corrected chi connectivity index (χ2v) is 13.6. The van der Waals surface area contributed by atoms with E-state index in [9.17, 15) is 24.3 Å². The van der Waals surface area contributed by atoms with Crippen molar-refractivity contribution in [3.63, 3.8) is 0 Å². The van der Waals surface area contributed by atoms with Gasteiger partial charge in [0, 0.05) is 49.9 Å². The lowest BCUT2D eigenvalue weighted by Gasteiger charge is -2.64. The molecular weight excluding hydrogens is 500 g/mol. The minimum atomic E-state index is -0.778. The number of carbonyl (C=O) groups excluding carboxylic acids is 4. The van der Waals surface area contributed by atoms with Crippen LogP contribution in [0.1, 0.15) is 99.8 Å². The van der Waals surface area contributed by atoms with Gasteiger partial charge in [0.15, 0.2) is 0 Å². The smallest absolute Gasteiger partial charge is 0.306 e. The number of ether oxygens (including phenoxy) is 3. The van der Waals surface area contributed by atoms with Crippen molar-refractivity contribution in [1.82, 2.24) is 0 Å². The Morgan fingerprint density at radius 1 is 0.949 bits per heavy atom. The van der Waals surface area contributed by atoms with Crippen LogP contribution in [0.5, 0.6) is 0 Å². The molecule has 4 saturated carbocycles. The number of hydrogen-bond donors (Lipinski definition) is 1. The Morgan fingerprint density at radius 3 is 2.23 bits per heavy atom. The molecule has 8 nitrogen and oxygen atoms in total. The van der Waals surface area contributed by atoms with Crippen molar-refractivity contribution in [3.05, 3.63) is 0 Å². The molecule has 4 fully saturated rings. The lowest BCUT2D eigenvalue weighted by molar-refractivity contribution is -0.234. The first kappa shape index (κ1) is 30.0. The van der Waals surface area contributed by atoms with Gasteiger partial charge in [0.25, 0.3) is 0 Å². The highest BCUT2D eigenvalue weighted by molar-refractivity contribution is 5.80. The zero-order valence-corrected chi connectivity index (χ0v) is 24.7. The van der Waals surface area contributed by atoms with E-state index in [1.165, 1.54) is 13.8 Å². The fourth-order valence-electron chi connectivity index (χ4n) is 9.54. The predicted molar refractivity (Wildman–Crippen MR) is 143 cm³/mol. The Labute approximate surface area is 232 Å². The number of hydrogen-bond acceptors (Lipinski definition) is 8. The molecule has 1 N–H and O–H groups in total.